The Bertz CT molecular complexity index is 930. The van der Waals surface area contributed by atoms with E-state index in [1.54, 1.807) is 30.5 Å². The van der Waals surface area contributed by atoms with Crippen LogP contribution in [0.2, 0.25) is 0 Å². The van der Waals surface area contributed by atoms with Crippen molar-refractivity contribution in [2.45, 2.75) is 36.2 Å². The van der Waals surface area contributed by atoms with Crippen LogP contribution in [0.15, 0.2) is 63.6 Å². The maximum absolute atomic E-state index is 12.4. The Labute approximate surface area is 189 Å². The average Bonchev–Trinajstić information content (AvgIpc) is 3.10. The first-order valence-electron chi connectivity index (χ1n) is 9.95. The van der Waals surface area contributed by atoms with Crippen molar-refractivity contribution < 1.29 is 13.6 Å². The SMILES string of the molecule is CCN(CC)c1ccc(/C=N\N=C2/NC(=O)[C@H](Cc3ccc(SC(F)F)cc3)S2)cc1. The number of anilines is 1. The highest BCUT2D eigenvalue weighted by Crippen LogP contribution is 2.27. The van der Waals surface area contributed by atoms with E-state index in [4.69, 9.17) is 0 Å². The Balaban J connectivity index is 1.55. The van der Waals surface area contributed by atoms with E-state index in [9.17, 15) is 13.6 Å². The number of hydrogen-bond donors (Lipinski definition) is 1. The zero-order valence-corrected chi connectivity index (χ0v) is 18.9. The fourth-order valence-electron chi connectivity index (χ4n) is 3.12. The highest BCUT2D eigenvalue weighted by molar-refractivity contribution is 8.15. The van der Waals surface area contributed by atoms with Gasteiger partial charge in [-0.3, -0.25) is 4.79 Å². The lowest BCUT2D eigenvalue weighted by atomic mass is 10.1. The van der Waals surface area contributed by atoms with Crippen LogP contribution in [-0.4, -0.2) is 41.4 Å². The van der Waals surface area contributed by atoms with E-state index in [0.29, 0.717) is 28.2 Å². The van der Waals surface area contributed by atoms with E-state index in [0.717, 1.165) is 29.9 Å². The molecular weight excluding hydrogens is 438 g/mol. The lowest BCUT2D eigenvalue weighted by Gasteiger charge is -2.20. The number of benzene rings is 2. The van der Waals surface area contributed by atoms with Gasteiger partial charge < -0.3 is 10.2 Å². The Morgan fingerprint density at radius 1 is 1.13 bits per heavy atom. The van der Waals surface area contributed by atoms with Crippen molar-refractivity contribution in [3.63, 3.8) is 0 Å². The zero-order chi connectivity index (χ0) is 22.2. The van der Waals surface area contributed by atoms with Gasteiger partial charge in [-0.1, -0.05) is 47.8 Å². The van der Waals surface area contributed by atoms with Gasteiger partial charge in [0, 0.05) is 23.7 Å². The minimum Gasteiger partial charge on any atom is -0.372 e. The molecule has 1 saturated heterocycles. The minimum absolute atomic E-state index is 0.131. The summed E-state index contributed by atoms with van der Waals surface area (Å²) in [7, 11) is 0. The number of hydrogen-bond acceptors (Lipinski definition) is 6. The van der Waals surface area contributed by atoms with Crippen molar-refractivity contribution in [1.29, 1.82) is 0 Å². The largest absolute Gasteiger partial charge is 0.372 e. The van der Waals surface area contributed by atoms with Crippen molar-refractivity contribution in [2.24, 2.45) is 10.2 Å². The first-order valence-corrected chi connectivity index (χ1v) is 11.7. The standard InChI is InChI=1S/C22H24F2N4OS2/c1-3-28(4-2)17-9-5-16(6-10-17)14-25-27-22-26-20(29)19(31-22)13-15-7-11-18(12-8-15)30-21(23)24/h5-12,14,19,21H,3-4,13H2,1-2H3,(H,26,27,29)/b25-14-/t19-/m0/s1. The molecule has 1 N–H and O–H groups in total. The Morgan fingerprint density at radius 3 is 2.42 bits per heavy atom. The molecule has 1 aliphatic rings. The molecule has 9 heteroatoms. The Morgan fingerprint density at radius 2 is 1.81 bits per heavy atom. The summed E-state index contributed by atoms with van der Waals surface area (Å²) < 4.78 is 24.8. The van der Waals surface area contributed by atoms with Gasteiger partial charge in [0.1, 0.15) is 0 Å². The van der Waals surface area contributed by atoms with Crippen LogP contribution < -0.4 is 10.2 Å². The van der Waals surface area contributed by atoms with Gasteiger partial charge in [0.05, 0.1) is 11.5 Å². The van der Waals surface area contributed by atoms with Gasteiger partial charge in [-0.2, -0.15) is 13.9 Å². The summed E-state index contributed by atoms with van der Waals surface area (Å²) in [6.07, 6.45) is 2.14. The predicted octanol–water partition coefficient (Wildman–Crippen LogP) is 5.01. The van der Waals surface area contributed by atoms with Gasteiger partial charge in [0.15, 0.2) is 5.17 Å². The molecule has 0 aliphatic carbocycles. The van der Waals surface area contributed by atoms with Gasteiger partial charge in [-0.15, -0.1) is 5.10 Å². The molecule has 1 fully saturated rings. The van der Waals surface area contributed by atoms with Crippen LogP contribution in [0.1, 0.15) is 25.0 Å². The van der Waals surface area contributed by atoms with E-state index in [2.05, 4.69) is 46.4 Å². The number of nitrogens with zero attached hydrogens (tertiary/aromatic N) is 3. The fourth-order valence-corrected chi connectivity index (χ4v) is 4.58. The second kappa shape index (κ2) is 11.3. The number of amides is 1. The second-order valence-corrected chi connectivity index (χ2v) is 8.99. The molecule has 5 nitrogen and oxygen atoms in total. The van der Waals surface area contributed by atoms with Crippen LogP contribution in [0.25, 0.3) is 0 Å². The molecule has 0 aromatic heterocycles. The third-order valence-corrected chi connectivity index (χ3v) is 6.52. The van der Waals surface area contributed by atoms with E-state index in [1.165, 1.54) is 11.8 Å². The summed E-state index contributed by atoms with van der Waals surface area (Å²) in [6.45, 7) is 6.15. The molecule has 0 spiro atoms. The van der Waals surface area contributed by atoms with E-state index >= 15 is 0 Å². The molecule has 164 valence electrons. The molecule has 1 heterocycles. The first-order chi connectivity index (χ1) is 15.0. The van der Waals surface area contributed by atoms with Crippen molar-refractivity contribution in [2.75, 3.05) is 18.0 Å². The molecule has 1 atom stereocenters. The normalized spacial score (nSPS) is 17.6. The lowest BCUT2D eigenvalue weighted by Crippen LogP contribution is -2.25. The highest BCUT2D eigenvalue weighted by Gasteiger charge is 2.30. The summed E-state index contributed by atoms with van der Waals surface area (Å²) >= 11 is 1.83. The molecule has 0 unspecified atom stereocenters. The molecule has 2 aromatic carbocycles. The lowest BCUT2D eigenvalue weighted by molar-refractivity contribution is -0.118. The summed E-state index contributed by atoms with van der Waals surface area (Å²) in [5, 5.41) is 11.1. The van der Waals surface area contributed by atoms with E-state index < -0.39 is 5.76 Å². The number of halogens is 2. The fraction of sp³-hybridized carbons (Fsp3) is 0.318. The number of carbonyl (C=O) groups excluding carboxylic acids is 1. The van der Waals surface area contributed by atoms with E-state index in [1.807, 2.05) is 12.1 Å². The summed E-state index contributed by atoms with van der Waals surface area (Å²) in [4.78, 5) is 15.0. The Hall–Kier alpha value is -2.39. The molecule has 1 aliphatic heterocycles. The smallest absolute Gasteiger partial charge is 0.288 e. The maximum Gasteiger partial charge on any atom is 0.288 e. The van der Waals surface area contributed by atoms with Gasteiger partial charge in [-0.25, -0.2) is 0 Å². The van der Waals surface area contributed by atoms with Crippen LogP contribution in [0, 0.1) is 0 Å². The Kier molecular flexibility index (Phi) is 8.48. The van der Waals surface area contributed by atoms with Crippen LogP contribution in [0.5, 0.6) is 0 Å². The van der Waals surface area contributed by atoms with Gasteiger partial charge in [0.2, 0.25) is 5.91 Å². The summed E-state index contributed by atoms with van der Waals surface area (Å²) in [6, 6.07) is 14.9. The molecule has 1 amide bonds. The third kappa shape index (κ3) is 6.80. The molecule has 31 heavy (non-hydrogen) atoms. The van der Waals surface area contributed by atoms with Crippen LogP contribution in [0.4, 0.5) is 14.5 Å². The van der Waals surface area contributed by atoms with Crippen molar-refractivity contribution in [3.05, 3.63) is 59.7 Å². The zero-order valence-electron chi connectivity index (χ0n) is 17.3. The highest BCUT2D eigenvalue weighted by atomic mass is 32.2. The predicted molar refractivity (Wildman–Crippen MR) is 127 cm³/mol. The average molecular weight is 463 g/mol. The number of alkyl halides is 2. The van der Waals surface area contributed by atoms with Crippen molar-refractivity contribution in [3.8, 4) is 0 Å². The van der Waals surface area contributed by atoms with Crippen LogP contribution in [-0.2, 0) is 11.2 Å². The molecule has 3 rings (SSSR count). The monoisotopic (exact) mass is 462 g/mol. The van der Waals surface area contributed by atoms with Crippen molar-refractivity contribution >= 4 is 46.5 Å². The van der Waals surface area contributed by atoms with Gasteiger partial charge in [-0.05, 0) is 55.7 Å². The number of thioether (sulfide) groups is 2. The molecule has 0 radical (unpaired) electrons. The molecule has 2 aromatic rings. The molecule has 0 bridgehead atoms. The quantitative estimate of drug-likeness (QED) is 0.323. The topological polar surface area (TPSA) is 57.1 Å². The second-order valence-electron chi connectivity index (χ2n) is 6.74. The maximum atomic E-state index is 12.4. The molecule has 0 saturated carbocycles. The van der Waals surface area contributed by atoms with Crippen LogP contribution >= 0.6 is 23.5 Å². The van der Waals surface area contributed by atoms with Crippen molar-refractivity contribution in [1.82, 2.24) is 5.32 Å². The third-order valence-electron chi connectivity index (χ3n) is 4.72. The minimum atomic E-state index is -2.44. The summed E-state index contributed by atoms with van der Waals surface area (Å²) in [5.74, 6) is -2.57. The molecular formula is C22H24F2N4OS2. The van der Waals surface area contributed by atoms with Gasteiger partial charge >= 0.3 is 0 Å². The van der Waals surface area contributed by atoms with Crippen LogP contribution in [0.3, 0.4) is 0 Å². The van der Waals surface area contributed by atoms with E-state index in [-0.39, 0.29) is 11.2 Å². The number of carbonyl (C=O) groups is 1. The number of nitrogens with one attached hydrogen (secondary N) is 1. The number of amidine groups is 1. The van der Waals surface area contributed by atoms with Gasteiger partial charge in [0.25, 0.3) is 5.76 Å². The summed E-state index contributed by atoms with van der Waals surface area (Å²) in [5.41, 5.74) is 2.99. The first kappa shape index (κ1) is 23.3. The number of rotatable bonds is 9.